The second kappa shape index (κ2) is 9.19. The summed E-state index contributed by atoms with van der Waals surface area (Å²) >= 11 is 7.19. The van der Waals surface area contributed by atoms with Gasteiger partial charge in [0.2, 0.25) is 0 Å². The van der Waals surface area contributed by atoms with Crippen molar-refractivity contribution in [2.24, 2.45) is 11.8 Å². The number of benzene rings is 4. The summed E-state index contributed by atoms with van der Waals surface area (Å²) in [6, 6.07) is 33.6. The maximum atomic E-state index is 3.60. The van der Waals surface area contributed by atoms with Crippen LogP contribution in [-0.4, -0.2) is 0 Å². The number of hydrogen-bond donors (Lipinski definition) is 0. The monoisotopic (exact) mass is 597 g/mol. The lowest BCUT2D eigenvalue weighted by molar-refractivity contribution is 0.166. The summed E-state index contributed by atoms with van der Waals surface area (Å²) in [5, 5.41) is 0. The van der Waals surface area contributed by atoms with Gasteiger partial charge in [-0.15, -0.1) is 0 Å². The van der Waals surface area contributed by atoms with Crippen molar-refractivity contribution >= 4 is 48.9 Å². The molecule has 180 valence electrons. The molecule has 8 rings (SSSR count). The molecule has 2 saturated carbocycles. The van der Waals surface area contributed by atoms with Gasteiger partial charge in [-0.2, -0.15) is 0 Å². The minimum atomic E-state index is 0.765. The molecular weight excluding hydrogens is 570 g/mol. The number of halogens is 2. The zero-order valence-electron chi connectivity index (χ0n) is 20.2. The normalized spacial score (nSPS) is 23.8. The molecule has 4 aliphatic rings. The first kappa shape index (κ1) is 22.8. The SMILES string of the molecule is Brc1ccc(N(c2ccc(Br)cc2)c2cccc(-c3ccc4c(c3)C3CC5CC(CC4C5)C3)c2)cc1. The molecule has 4 aliphatic carbocycles. The first-order chi connectivity index (χ1) is 17.6. The van der Waals surface area contributed by atoms with Crippen LogP contribution in [0.2, 0.25) is 0 Å². The predicted molar refractivity (Wildman–Crippen MR) is 158 cm³/mol. The molecule has 2 atom stereocenters. The molecule has 2 unspecified atom stereocenters. The van der Waals surface area contributed by atoms with Crippen LogP contribution >= 0.6 is 31.9 Å². The average molecular weight is 599 g/mol. The molecule has 4 aromatic carbocycles. The van der Waals surface area contributed by atoms with Crippen molar-refractivity contribution in [3.63, 3.8) is 0 Å². The van der Waals surface area contributed by atoms with E-state index in [1.165, 1.54) is 48.9 Å². The standard InChI is InChI=1S/C33H29Br2N/c34-27-5-9-29(10-6-27)36(30-11-7-28(35)8-12-30)31-3-1-2-23(19-31)24-4-13-32-25-15-21-14-22(16-25)18-26(17-21)33(32)20-24/h1-13,19-22,25-26H,14-18H2. The Hall–Kier alpha value is -2.36. The third-order valence-electron chi connectivity index (χ3n) is 8.71. The molecule has 36 heavy (non-hydrogen) atoms. The van der Waals surface area contributed by atoms with Gasteiger partial charge in [-0.1, -0.05) is 62.2 Å². The van der Waals surface area contributed by atoms with E-state index in [9.17, 15) is 0 Å². The lowest BCUT2D eigenvalue weighted by atomic mass is 9.67. The number of nitrogens with zero attached hydrogens (tertiary/aromatic N) is 1. The fraction of sp³-hybridized carbons (Fsp3) is 0.273. The predicted octanol–water partition coefficient (Wildman–Crippen LogP) is 10.7. The zero-order chi connectivity index (χ0) is 24.2. The van der Waals surface area contributed by atoms with Gasteiger partial charge in [-0.3, -0.25) is 0 Å². The zero-order valence-corrected chi connectivity index (χ0v) is 23.4. The van der Waals surface area contributed by atoms with Crippen LogP contribution in [0.5, 0.6) is 0 Å². The van der Waals surface area contributed by atoms with E-state index in [-0.39, 0.29) is 0 Å². The number of anilines is 3. The van der Waals surface area contributed by atoms with E-state index in [0.29, 0.717) is 0 Å². The molecular formula is C33H29Br2N. The van der Waals surface area contributed by atoms with Crippen LogP contribution in [0.1, 0.15) is 55.1 Å². The molecule has 2 fully saturated rings. The van der Waals surface area contributed by atoms with Crippen LogP contribution in [0.4, 0.5) is 17.1 Å². The van der Waals surface area contributed by atoms with Crippen LogP contribution in [0.15, 0.2) is 99.9 Å². The van der Waals surface area contributed by atoms with Crippen molar-refractivity contribution in [3.05, 3.63) is 111 Å². The lowest BCUT2D eigenvalue weighted by Crippen LogP contribution is -2.25. The van der Waals surface area contributed by atoms with E-state index >= 15 is 0 Å². The van der Waals surface area contributed by atoms with E-state index in [1.54, 1.807) is 11.1 Å². The second-order valence-electron chi connectivity index (χ2n) is 11.0. The minimum Gasteiger partial charge on any atom is -0.310 e. The Balaban J connectivity index is 1.30. The Kier molecular flexibility index (Phi) is 5.82. The fourth-order valence-electron chi connectivity index (χ4n) is 7.29. The summed E-state index contributed by atoms with van der Waals surface area (Å²) in [4.78, 5) is 2.34. The molecule has 4 aromatic rings. The molecule has 1 nitrogen and oxygen atoms in total. The van der Waals surface area contributed by atoms with Crippen molar-refractivity contribution in [2.45, 2.75) is 43.9 Å². The first-order valence-corrected chi connectivity index (χ1v) is 14.7. The maximum absolute atomic E-state index is 3.60. The number of rotatable bonds is 4. The highest BCUT2D eigenvalue weighted by atomic mass is 79.9. The third kappa shape index (κ3) is 4.15. The van der Waals surface area contributed by atoms with Gasteiger partial charge in [0.25, 0.3) is 0 Å². The second-order valence-corrected chi connectivity index (χ2v) is 12.8. The molecule has 4 bridgehead atoms. The molecule has 0 aliphatic heterocycles. The van der Waals surface area contributed by atoms with Crippen molar-refractivity contribution in [1.82, 2.24) is 0 Å². The van der Waals surface area contributed by atoms with E-state index in [1.807, 2.05) is 0 Å². The summed E-state index contributed by atoms with van der Waals surface area (Å²) in [5.74, 6) is 3.47. The maximum Gasteiger partial charge on any atom is 0.0467 e. The third-order valence-corrected chi connectivity index (χ3v) is 9.77. The molecule has 3 heteroatoms. The summed E-state index contributed by atoms with van der Waals surface area (Å²) in [5.41, 5.74) is 9.43. The summed E-state index contributed by atoms with van der Waals surface area (Å²) in [6.07, 6.45) is 7.14. The van der Waals surface area contributed by atoms with E-state index in [0.717, 1.165) is 44.0 Å². The first-order valence-electron chi connectivity index (χ1n) is 13.2. The van der Waals surface area contributed by atoms with Crippen molar-refractivity contribution in [1.29, 1.82) is 0 Å². The minimum absolute atomic E-state index is 0.765. The fourth-order valence-corrected chi connectivity index (χ4v) is 7.82. The quantitative estimate of drug-likeness (QED) is 0.226. The van der Waals surface area contributed by atoms with Gasteiger partial charge in [-0.05, 0) is 139 Å². The highest BCUT2D eigenvalue weighted by molar-refractivity contribution is 9.10. The largest absolute Gasteiger partial charge is 0.310 e. The summed E-state index contributed by atoms with van der Waals surface area (Å²) in [6.45, 7) is 0. The van der Waals surface area contributed by atoms with Gasteiger partial charge in [0.1, 0.15) is 0 Å². The van der Waals surface area contributed by atoms with Crippen molar-refractivity contribution in [2.75, 3.05) is 4.90 Å². The van der Waals surface area contributed by atoms with E-state index in [4.69, 9.17) is 0 Å². The van der Waals surface area contributed by atoms with Crippen LogP contribution < -0.4 is 4.90 Å². The molecule has 0 aromatic heterocycles. The Morgan fingerprint density at radius 1 is 0.500 bits per heavy atom. The van der Waals surface area contributed by atoms with E-state index < -0.39 is 0 Å². The van der Waals surface area contributed by atoms with Crippen LogP contribution in [0.25, 0.3) is 11.1 Å². The molecule has 0 heterocycles. The van der Waals surface area contributed by atoms with Gasteiger partial charge in [-0.25, -0.2) is 0 Å². The van der Waals surface area contributed by atoms with Crippen LogP contribution in [0, 0.1) is 11.8 Å². The number of hydrogen-bond acceptors (Lipinski definition) is 1. The Morgan fingerprint density at radius 3 is 1.67 bits per heavy atom. The Bertz CT molecular complexity index is 1350. The highest BCUT2D eigenvalue weighted by Gasteiger charge is 2.41. The Morgan fingerprint density at radius 2 is 1.06 bits per heavy atom. The molecule has 0 spiro atoms. The lowest BCUT2D eigenvalue weighted by Gasteiger charge is -2.38. The van der Waals surface area contributed by atoms with Gasteiger partial charge in [0.05, 0.1) is 0 Å². The van der Waals surface area contributed by atoms with Gasteiger partial charge in [0.15, 0.2) is 0 Å². The Labute approximate surface area is 230 Å². The molecule has 0 saturated heterocycles. The topological polar surface area (TPSA) is 3.24 Å². The van der Waals surface area contributed by atoms with Crippen molar-refractivity contribution in [3.8, 4) is 11.1 Å². The van der Waals surface area contributed by atoms with Gasteiger partial charge < -0.3 is 4.90 Å². The molecule has 0 amide bonds. The van der Waals surface area contributed by atoms with Crippen LogP contribution in [0.3, 0.4) is 0 Å². The average Bonchev–Trinajstić information content (AvgIpc) is 3.06. The van der Waals surface area contributed by atoms with Crippen LogP contribution in [-0.2, 0) is 0 Å². The highest BCUT2D eigenvalue weighted by Crippen LogP contribution is 2.56. The van der Waals surface area contributed by atoms with Gasteiger partial charge in [0, 0.05) is 26.0 Å². The smallest absolute Gasteiger partial charge is 0.0467 e. The van der Waals surface area contributed by atoms with Crippen molar-refractivity contribution < 1.29 is 0 Å². The van der Waals surface area contributed by atoms with Gasteiger partial charge >= 0.3 is 0 Å². The summed E-state index contributed by atoms with van der Waals surface area (Å²) in [7, 11) is 0. The van der Waals surface area contributed by atoms with E-state index in [2.05, 4.69) is 128 Å². The molecule has 0 radical (unpaired) electrons. The summed E-state index contributed by atoms with van der Waals surface area (Å²) < 4.78 is 2.17. The molecule has 0 N–H and O–H groups in total.